The lowest BCUT2D eigenvalue weighted by molar-refractivity contribution is -0.121. The molecule has 0 spiro atoms. The zero-order chi connectivity index (χ0) is 8.60. The SMILES string of the molecule is CC1(CN2CCOC2C=O)CO1. The van der Waals surface area contributed by atoms with Crippen molar-refractivity contribution >= 4 is 6.29 Å². The van der Waals surface area contributed by atoms with Crippen molar-refractivity contribution in [1.29, 1.82) is 0 Å². The van der Waals surface area contributed by atoms with Gasteiger partial charge in [-0.3, -0.25) is 9.69 Å². The Morgan fingerprint density at radius 2 is 2.50 bits per heavy atom. The smallest absolute Gasteiger partial charge is 0.167 e. The maximum atomic E-state index is 10.5. The van der Waals surface area contributed by atoms with E-state index in [-0.39, 0.29) is 11.8 Å². The summed E-state index contributed by atoms with van der Waals surface area (Å²) in [5.41, 5.74) is -0.0189. The molecule has 2 unspecified atom stereocenters. The molecule has 4 heteroatoms. The van der Waals surface area contributed by atoms with Crippen LogP contribution in [0.3, 0.4) is 0 Å². The molecule has 0 saturated carbocycles. The van der Waals surface area contributed by atoms with E-state index in [9.17, 15) is 4.79 Å². The Morgan fingerprint density at radius 3 is 3.08 bits per heavy atom. The highest BCUT2D eigenvalue weighted by atomic mass is 16.6. The number of carbonyl (C=O) groups is 1. The molecule has 0 aliphatic carbocycles. The molecule has 0 radical (unpaired) electrons. The lowest BCUT2D eigenvalue weighted by Crippen LogP contribution is -2.38. The minimum absolute atomic E-state index is 0.0189. The lowest BCUT2D eigenvalue weighted by Gasteiger charge is -2.19. The number of hydrogen-bond acceptors (Lipinski definition) is 4. The Kier molecular flexibility index (Phi) is 1.90. The van der Waals surface area contributed by atoms with Crippen molar-refractivity contribution in [2.24, 2.45) is 0 Å². The largest absolute Gasteiger partial charge is 0.369 e. The number of epoxide rings is 1. The molecule has 0 N–H and O–H groups in total. The lowest BCUT2D eigenvalue weighted by atomic mass is 10.2. The quantitative estimate of drug-likeness (QED) is 0.429. The molecule has 2 aliphatic heterocycles. The van der Waals surface area contributed by atoms with E-state index in [1.165, 1.54) is 0 Å². The summed E-state index contributed by atoms with van der Waals surface area (Å²) in [7, 11) is 0. The standard InChI is InChI=1S/C8H13NO3/c1-8(6-12-8)5-9-2-3-11-7(9)4-10/h4,7H,2-3,5-6H2,1H3. The summed E-state index contributed by atoms with van der Waals surface area (Å²) in [4.78, 5) is 12.5. The van der Waals surface area contributed by atoms with E-state index in [0.717, 1.165) is 26.0 Å². The van der Waals surface area contributed by atoms with Gasteiger partial charge in [-0.2, -0.15) is 0 Å². The van der Waals surface area contributed by atoms with Gasteiger partial charge in [0, 0.05) is 13.1 Å². The van der Waals surface area contributed by atoms with Gasteiger partial charge >= 0.3 is 0 Å². The summed E-state index contributed by atoms with van der Waals surface area (Å²) in [5.74, 6) is 0. The zero-order valence-electron chi connectivity index (χ0n) is 7.16. The fraction of sp³-hybridized carbons (Fsp3) is 0.875. The first-order valence-corrected chi connectivity index (χ1v) is 4.18. The van der Waals surface area contributed by atoms with Gasteiger partial charge in [0.2, 0.25) is 0 Å². The molecule has 0 aromatic rings. The number of aldehydes is 1. The van der Waals surface area contributed by atoms with E-state index in [4.69, 9.17) is 9.47 Å². The number of ether oxygens (including phenoxy) is 2. The van der Waals surface area contributed by atoms with Gasteiger partial charge in [-0.05, 0) is 6.92 Å². The minimum Gasteiger partial charge on any atom is -0.369 e. The molecule has 12 heavy (non-hydrogen) atoms. The van der Waals surface area contributed by atoms with Crippen molar-refractivity contribution in [3.63, 3.8) is 0 Å². The molecule has 0 bridgehead atoms. The molecule has 2 rings (SSSR count). The van der Waals surface area contributed by atoms with Crippen LogP contribution in [0.25, 0.3) is 0 Å². The van der Waals surface area contributed by atoms with E-state index < -0.39 is 0 Å². The van der Waals surface area contributed by atoms with Gasteiger partial charge in [0.05, 0.1) is 13.2 Å². The molecule has 4 nitrogen and oxygen atoms in total. The monoisotopic (exact) mass is 171 g/mol. The van der Waals surface area contributed by atoms with Gasteiger partial charge in [0.25, 0.3) is 0 Å². The van der Waals surface area contributed by atoms with E-state index in [2.05, 4.69) is 0 Å². The Bertz CT molecular complexity index is 191. The highest BCUT2D eigenvalue weighted by Gasteiger charge is 2.43. The second kappa shape index (κ2) is 2.80. The molecule has 2 saturated heterocycles. The molecular weight excluding hydrogens is 158 g/mol. The summed E-state index contributed by atoms with van der Waals surface area (Å²) in [6.45, 7) is 5.14. The van der Waals surface area contributed by atoms with Crippen molar-refractivity contribution < 1.29 is 14.3 Å². The van der Waals surface area contributed by atoms with Crippen molar-refractivity contribution in [1.82, 2.24) is 4.90 Å². The average Bonchev–Trinajstić information content (AvgIpc) is 2.64. The van der Waals surface area contributed by atoms with Gasteiger partial charge in [-0.1, -0.05) is 0 Å². The molecule has 0 aromatic heterocycles. The molecule has 68 valence electrons. The van der Waals surface area contributed by atoms with Gasteiger partial charge in [0.15, 0.2) is 12.5 Å². The van der Waals surface area contributed by atoms with E-state index >= 15 is 0 Å². The van der Waals surface area contributed by atoms with Crippen molar-refractivity contribution in [2.75, 3.05) is 26.3 Å². The predicted molar refractivity (Wildman–Crippen MR) is 41.7 cm³/mol. The summed E-state index contributed by atoms with van der Waals surface area (Å²) >= 11 is 0. The Balaban J connectivity index is 1.89. The van der Waals surface area contributed by atoms with Crippen LogP contribution >= 0.6 is 0 Å². The fourth-order valence-corrected chi connectivity index (χ4v) is 1.46. The maximum absolute atomic E-state index is 10.5. The van der Waals surface area contributed by atoms with Gasteiger partial charge in [-0.15, -0.1) is 0 Å². The summed E-state index contributed by atoms with van der Waals surface area (Å²) in [6, 6.07) is 0. The second-order valence-corrected chi connectivity index (χ2v) is 3.61. The van der Waals surface area contributed by atoms with Crippen LogP contribution in [0.5, 0.6) is 0 Å². The predicted octanol–water partition coefficient (Wildman–Crippen LogP) is -0.368. The number of rotatable bonds is 3. The van der Waals surface area contributed by atoms with Crippen molar-refractivity contribution in [3.8, 4) is 0 Å². The minimum atomic E-state index is -0.342. The first kappa shape index (κ1) is 8.16. The molecule has 2 heterocycles. The Morgan fingerprint density at radius 1 is 1.75 bits per heavy atom. The second-order valence-electron chi connectivity index (χ2n) is 3.61. The number of hydrogen-bond donors (Lipinski definition) is 0. The normalized spacial score (nSPS) is 41.6. The number of carbonyl (C=O) groups excluding carboxylic acids is 1. The molecule has 2 atom stereocenters. The molecule has 0 amide bonds. The highest BCUT2D eigenvalue weighted by Crippen LogP contribution is 2.28. The average molecular weight is 171 g/mol. The fourth-order valence-electron chi connectivity index (χ4n) is 1.46. The van der Waals surface area contributed by atoms with Crippen LogP contribution in [0.1, 0.15) is 6.92 Å². The van der Waals surface area contributed by atoms with E-state index in [1.807, 2.05) is 11.8 Å². The topological polar surface area (TPSA) is 42.1 Å². The van der Waals surface area contributed by atoms with E-state index in [0.29, 0.717) is 6.61 Å². The van der Waals surface area contributed by atoms with Gasteiger partial charge in [0.1, 0.15) is 5.60 Å². The molecule has 2 aliphatic rings. The third kappa shape index (κ3) is 1.50. The van der Waals surface area contributed by atoms with Crippen LogP contribution < -0.4 is 0 Å². The number of nitrogens with zero attached hydrogens (tertiary/aromatic N) is 1. The van der Waals surface area contributed by atoms with Crippen molar-refractivity contribution in [2.45, 2.75) is 18.8 Å². The third-order valence-electron chi connectivity index (χ3n) is 2.32. The Hall–Kier alpha value is -0.450. The summed E-state index contributed by atoms with van der Waals surface area (Å²) < 4.78 is 10.4. The van der Waals surface area contributed by atoms with Crippen LogP contribution in [-0.2, 0) is 14.3 Å². The van der Waals surface area contributed by atoms with Crippen LogP contribution in [-0.4, -0.2) is 49.3 Å². The Labute approximate surface area is 71.4 Å². The molecule has 0 aromatic carbocycles. The molecular formula is C8H13NO3. The van der Waals surface area contributed by atoms with Crippen LogP contribution in [0.15, 0.2) is 0 Å². The maximum Gasteiger partial charge on any atom is 0.167 e. The van der Waals surface area contributed by atoms with Gasteiger partial charge < -0.3 is 9.47 Å². The summed E-state index contributed by atoms with van der Waals surface area (Å²) in [6.07, 6.45) is 0.504. The zero-order valence-corrected chi connectivity index (χ0v) is 7.16. The van der Waals surface area contributed by atoms with Crippen molar-refractivity contribution in [3.05, 3.63) is 0 Å². The van der Waals surface area contributed by atoms with Gasteiger partial charge in [-0.25, -0.2) is 0 Å². The highest BCUT2D eigenvalue weighted by molar-refractivity contribution is 5.55. The third-order valence-corrected chi connectivity index (χ3v) is 2.32. The molecule has 2 fully saturated rings. The van der Waals surface area contributed by atoms with Crippen LogP contribution in [0.4, 0.5) is 0 Å². The first-order chi connectivity index (χ1) is 5.73. The summed E-state index contributed by atoms with van der Waals surface area (Å²) in [5, 5.41) is 0. The van der Waals surface area contributed by atoms with Crippen LogP contribution in [0, 0.1) is 0 Å². The first-order valence-electron chi connectivity index (χ1n) is 4.18. The van der Waals surface area contributed by atoms with Crippen LogP contribution in [0.2, 0.25) is 0 Å². The van der Waals surface area contributed by atoms with E-state index in [1.54, 1.807) is 0 Å².